The molecule has 0 saturated carbocycles. The number of nitrogens with zero attached hydrogens (tertiary/aromatic N) is 2. The first kappa shape index (κ1) is 27.9. The minimum absolute atomic E-state index is 0. The van der Waals surface area contributed by atoms with Gasteiger partial charge in [0.2, 0.25) is 0 Å². The van der Waals surface area contributed by atoms with E-state index in [9.17, 15) is 4.79 Å². The number of guanidine groups is 1. The molecule has 0 saturated heterocycles. The summed E-state index contributed by atoms with van der Waals surface area (Å²) in [5.41, 5.74) is 3.06. The van der Waals surface area contributed by atoms with E-state index in [1.807, 2.05) is 37.3 Å². The number of nitrogens with one attached hydrogen (secondary N) is 3. The zero-order valence-corrected chi connectivity index (χ0v) is 22.1. The summed E-state index contributed by atoms with van der Waals surface area (Å²) in [5, 5.41) is 9.63. The molecule has 3 N–H and O–H groups in total. The van der Waals surface area contributed by atoms with Gasteiger partial charge in [-0.3, -0.25) is 14.7 Å². The number of hydrogen-bond donors (Lipinski definition) is 3. The van der Waals surface area contributed by atoms with E-state index in [-0.39, 0.29) is 29.9 Å². The van der Waals surface area contributed by atoms with Crippen molar-refractivity contribution in [1.29, 1.82) is 0 Å². The van der Waals surface area contributed by atoms with Crippen molar-refractivity contribution in [2.75, 3.05) is 27.2 Å². The second kappa shape index (κ2) is 15.6. The van der Waals surface area contributed by atoms with Gasteiger partial charge in [-0.15, -0.1) is 24.0 Å². The van der Waals surface area contributed by atoms with Gasteiger partial charge in [0, 0.05) is 44.8 Å². The molecule has 0 aromatic heterocycles. The molecule has 32 heavy (non-hydrogen) atoms. The van der Waals surface area contributed by atoms with Crippen molar-refractivity contribution in [1.82, 2.24) is 20.9 Å². The van der Waals surface area contributed by atoms with Crippen LogP contribution in [0, 0.1) is 0 Å². The van der Waals surface area contributed by atoms with Crippen LogP contribution in [-0.4, -0.2) is 50.0 Å². The highest BCUT2D eigenvalue weighted by atomic mass is 127. The van der Waals surface area contributed by atoms with E-state index >= 15 is 0 Å². The van der Waals surface area contributed by atoms with E-state index in [1.54, 1.807) is 7.05 Å². The van der Waals surface area contributed by atoms with Gasteiger partial charge in [-0.05, 0) is 50.1 Å². The van der Waals surface area contributed by atoms with Gasteiger partial charge in [0.05, 0.1) is 0 Å². The van der Waals surface area contributed by atoms with Crippen LogP contribution in [0.15, 0.2) is 59.6 Å². The number of halogens is 1. The molecule has 0 bridgehead atoms. The first-order valence-electron chi connectivity index (χ1n) is 11.1. The average Bonchev–Trinajstić information content (AvgIpc) is 2.80. The van der Waals surface area contributed by atoms with Gasteiger partial charge in [0.15, 0.2) is 5.96 Å². The lowest BCUT2D eigenvalue weighted by atomic mass is 10.1. The molecule has 0 aliphatic heterocycles. The van der Waals surface area contributed by atoms with Crippen LogP contribution in [0.1, 0.15) is 48.2 Å². The summed E-state index contributed by atoms with van der Waals surface area (Å²) in [4.78, 5) is 18.8. The Kier molecular flexibility index (Phi) is 13.6. The third-order valence-corrected chi connectivity index (χ3v) is 5.29. The SMILES string of the molecule is CCCNC(=O)c1cccc(CNC(=NC)NCCC(C)N(C)Cc2ccccc2)c1.I. The summed E-state index contributed by atoms with van der Waals surface area (Å²) < 4.78 is 0. The van der Waals surface area contributed by atoms with E-state index < -0.39 is 0 Å². The molecule has 2 rings (SSSR count). The Bertz CT molecular complexity index is 828. The van der Waals surface area contributed by atoms with Gasteiger partial charge < -0.3 is 16.0 Å². The normalized spacial score (nSPS) is 12.1. The van der Waals surface area contributed by atoms with Gasteiger partial charge >= 0.3 is 0 Å². The number of benzene rings is 2. The van der Waals surface area contributed by atoms with Crippen LogP contribution >= 0.6 is 24.0 Å². The van der Waals surface area contributed by atoms with Gasteiger partial charge in [0.25, 0.3) is 5.91 Å². The van der Waals surface area contributed by atoms with Crippen LogP contribution in [0.5, 0.6) is 0 Å². The highest BCUT2D eigenvalue weighted by Crippen LogP contribution is 2.08. The van der Waals surface area contributed by atoms with Crippen molar-refractivity contribution < 1.29 is 4.79 Å². The van der Waals surface area contributed by atoms with Crippen molar-refractivity contribution >= 4 is 35.8 Å². The maximum Gasteiger partial charge on any atom is 0.251 e. The molecule has 0 aliphatic carbocycles. The number of carbonyl (C=O) groups is 1. The predicted octanol–water partition coefficient (Wildman–Crippen LogP) is 4.02. The fourth-order valence-electron chi connectivity index (χ4n) is 3.22. The molecule has 1 amide bonds. The number of amides is 1. The summed E-state index contributed by atoms with van der Waals surface area (Å²) >= 11 is 0. The molecule has 1 atom stereocenters. The molecule has 2 aromatic rings. The standard InChI is InChI=1S/C25H37N5O.HI/c1-5-15-27-24(31)23-13-9-12-22(17-23)18-29-25(26-3)28-16-14-20(2)30(4)19-21-10-7-6-8-11-21;/h6-13,17,20H,5,14-16,18-19H2,1-4H3,(H,27,31)(H2,26,28,29);1H. The molecule has 2 aromatic carbocycles. The molecular weight excluding hydrogens is 513 g/mol. The lowest BCUT2D eigenvalue weighted by Gasteiger charge is -2.25. The van der Waals surface area contributed by atoms with Gasteiger partial charge in [-0.2, -0.15) is 0 Å². The Hall–Kier alpha value is -2.13. The molecule has 1 unspecified atom stereocenters. The first-order valence-corrected chi connectivity index (χ1v) is 11.1. The van der Waals surface area contributed by atoms with Gasteiger partial charge in [-0.1, -0.05) is 49.4 Å². The Morgan fingerprint density at radius 3 is 2.41 bits per heavy atom. The van der Waals surface area contributed by atoms with E-state index in [0.717, 1.165) is 37.5 Å². The second-order valence-electron chi connectivity index (χ2n) is 7.85. The molecular formula is C25H38IN5O. The molecule has 7 heteroatoms. The molecule has 0 aliphatic rings. The second-order valence-corrected chi connectivity index (χ2v) is 7.85. The van der Waals surface area contributed by atoms with Gasteiger partial charge in [0.1, 0.15) is 0 Å². The summed E-state index contributed by atoms with van der Waals surface area (Å²) in [6, 6.07) is 18.7. The summed E-state index contributed by atoms with van der Waals surface area (Å²) in [7, 11) is 3.93. The summed E-state index contributed by atoms with van der Waals surface area (Å²) in [6.07, 6.45) is 1.94. The van der Waals surface area contributed by atoms with Crippen LogP contribution in [-0.2, 0) is 13.1 Å². The molecule has 0 fully saturated rings. The maximum atomic E-state index is 12.2. The fraction of sp³-hybridized carbons (Fsp3) is 0.440. The average molecular weight is 552 g/mol. The number of aliphatic imine (C=N–C) groups is 1. The minimum atomic E-state index is -0.0279. The lowest BCUT2D eigenvalue weighted by Crippen LogP contribution is -2.39. The van der Waals surface area contributed by atoms with Crippen LogP contribution in [0.2, 0.25) is 0 Å². The quantitative estimate of drug-likeness (QED) is 0.224. The molecule has 176 valence electrons. The van der Waals surface area contributed by atoms with Crippen molar-refractivity contribution in [2.45, 2.75) is 45.8 Å². The Morgan fingerprint density at radius 1 is 1.00 bits per heavy atom. The zero-order chi connectivity index (χ0) is 22.5. The van der Waals surface area contributed by atoms with Crippen molar-refractivity contribution in [3.05, 3.63) is 71.3 Å². The number of hydrogen-bond acceptors (Lipinski definition) is 3. The maximum absolute atomic E-state index is 12.2. The van der Waals surface area contributed by atoms with Crippen molar-refractivity contribution in [3.63, 3.8) is 0 Å². The third kappa shape index (κ3) is 9.99. The number of rotatable bonds is 11. The topological polar surface area (TPSA) is 68.8 Å². The van der Waals surface area contributed by atoms with Crippen LogP contribution in [0.25, 0.3) is 0 Å². The third-order valence-electron chi connectivity index (χ3n) is 5.29. The lowest BCUT2D eigenvalue weighted by molar-refractivity contribution is 0.0953. The zero-order valence-electron chi connectivity index (χ0n) is 19.7. The first-order chi connectivity index (χ1) is 15.0. The van der Waals surface area contributed by atoms with Crippen LogP contribution in [0.3, 0.4) is 0 Å². The molecule has 0 heterocycles. The highest BCUT2D eigenvalue weighted by Gasteiger charge is 2.10. The van der Waals surface area contributed by atoms with E-state index in [4.69, 9.17) is 0 Å². The minimum Gasteiger partial charge on any atom is -0.356 e. The Balaban J connectivity index is 0.00000512. The smallest absolute Gasteiger partial charge is 0.251 e. The van der Waals surface area contributed by atoms with Crippen LogP contribution < -0.4 is 16.0 Å². The van der Waals surface area contributed by atoms with E-state index in [2.05, 4.69) is 64.1 Å². The molecule has 0 spiro atoms. The largest absolute Gasteiger partial charge is 0.356 e. The van der Waals surface area contributed by atoms with E-state index in [0.29, 0.717) is 24.7 Å². The Morgan fingerprint density at radius 2 is 1.72 bits per heavy atom. The monoisotopic (exact) mass is 551 g/mol. The summed E-state index contributed by atoms with van der Waals surface area (Å²) in [5.74, 6) is 0.735. The fourth-order valence-corrected chi connectivity index (χ4v) is 3.22. The molecule has 0 radical (unpaired) electrons. The predicted molar refractivity (Wildman–Crippen MR) is 145 cm³/mol. The number of carbonyl (C=O) groups excluding carboxylic acids is 1. The summed E-state index contributed by atoms with van der Waals surface area (Å²) in [6.45, 7) is 7.36. The molecule has 6 nitrogen and oxygen atoms in total. The Labute approximate surface area is 210 Å². The highest BCUT2D eigenvalue weighted by molar-refractivity contribution is 14.0. The van der Waals surface area contributed by atoms with Crippen molar-refractivity contribution in [2.24, 2.45) is 4.99 Å². The van der Waals surface area contributed by atoms with Crippen molar-refractivity contribution in [3.8, 4) is 0 Å². The van der Waals surface area contributed by atoms with E-state index in [1.165, 1.54) is 5.56 Å². The van der Waals surface area contributed by atoms with Gasteiger partial charge in [-0.25, -0.2) is 0 Å². The van der Waals surface area contributed by atoms with Crippen LogP contribution in [0.4, 0.5) is 0 Å².